The third kappa shape index (κ3) is 4.72. The molecule has 1 saturated heterocycles. The van der Waals surface area contributed by atoms with E-state index >= 15 is 0 Å². The van der Waals surface area contributed by atoms with Gasteiger partial charge in [0, 0.05) is 33.6 Å². The van der Waals surface area contributed by atoms with Gasteiger partial charge in [0.05, 0.1) is 11.0 Å². The monoisotopic (exact) mass is 661 g/mol. The summed E-state index contributed by atoms with van der Waals surface area (Å²) in [4.78, 5) is 15.8. The number of para-hydroxylation sites is 1. The second kappa shape index (κ2) is 12.1. The molecule has 0 spiro atoms. The van der Waals surface area contributed by atoms with Crippen LogP contribution in [0.15, 0.2) is 161 Å². The predicted octanol–water partition coefficient (Wildman–Crippen LogP) is 10.6. The number of ether oxygens (including phenoxy) is 1. The average Bonchev–Trinajstić information content (AvgIpc) is 3.59. The van der Waals surface area contributed by atoms with Gasteiger partial charge in [-0.05, 0) is 61.1 Å². The first kappa shape index (κ1) is 29.8. The Labute approximate surface area is 297 Å². The van der Waals surface area contributed by atoms with Gasteiger partial charge in [-0.25, -0.2) is 15.0 Å². The Morgan fingerprint density at radius 3 is 2.25 bits per heavy atom. The largest absolute Gasteiger partial charge is 0.486 e. The molecule has 4 aromatic carbocycles. The average molecular weight is 662 g/mol. The summed E-state index contributed by atoms with van der Waals surface area (Å²) in [6.45, 7) is 0. The third-order valence-electron chi connectivity index (χ3n) is 10.8. The Morgan fingerprint density at radius 1 is 0.647 bits per heavy atom. The molecule has 0 bridgehead atoms. The van der Waals surface area contributed by atoms with Gasteiger partial charge >= 0.3 is 0 Å². The molecule has 246 valence electrons. The van der Waals surface area contributed by atoms with E-state index in [0.717, 1.165) is 70.4 Å². The molecule has 2 aromatic heterocycles. The standard InChI is InChI=1S/C46H35N3O2/c1-3-16-30(17-4-1)43-47-44(49-45(48-43)35-23-15-22-33-32-20-8-12-27-39(32)51-42(33)35)34-21-7-9-24-36(34)46(31-18-5-2-6-19-31)37-25-10-13-28-40(37)50-41-29-14-11-26-38(41)46/h1-7,9-10,12-13,15-19,21-29,37,40H,8,11,14,20H2. The van der Waals surface area contributed by atoms with Gasteiger partial charge in [0.25, 0.3) is 0 Å². The summed E-state index contributed by atoms with van der Waals surface area (Å²) in [6.07, 6.45) is 21.5. The van der Waals surface area contributed by atoms with E-state index in [2.05, 4.69) is 134 Å². The minimum absolute atomic E-state index is 0.00121. The zero-order valence-corrected chi connectivity index (χ0v) is 28.1. The van der Waals surface area contributed by atoms with Crippen molar-refractivity contribution < 1.29 is 9.15 Å². The molecule has 6 aromatic rings. The van der Waals surface area contributed by atoms with Crippen molar-refractivity contribution in [2.24, 2.45) is 5.92 Å². The van der Waals surface area contributed by atoms with Gasteiger partial charge in [-0.15, -0.1) is 0 Å². The highest BCUT2D eigenvalue weighted by atomic mass is 16.5. The molecule has 3 aliphatic carbocycles. The van der Waals surface area contributed by atoms with Crippen molar-refractivity contribution in [2.45, 2.75) is 37.2 Å². The van der Waals surface area contributed by atoms with Crippen molar-refractivity contribution in [1.82, 2.24) is 15.0 Å². The lowest BCUT2D eigenvalue weighted by Gasteiger charge is -2.51. The maximum absolute atomic E-state index is 6.77. The van der Waals surface area contributed by atoms with Gasteiger partial charge in [0.15, 0.2) is 17.5 Å². The third-order valence-corrected chi connectivity index (χ3v) is 10.8. The van der Waals surface area contributed by atoms with Gasteiger partial charge < -0.3 is 9.15 Å². The molecule has 0 amide bonds. The summed E-state index contributed by atoms with van der Waals surface area (Å²) in [5, 5.41) is 1.12. The van der Waals surface area contributed by atoms with E-state index in [1.54, 1.807) is 0 Å². The molecule has 0 N–H and O–H groups in total. The van der Waals surface area contributed by atoms with Crippen molar-refractivity contribution in [2.75, 3.05) is 0 Å². The van der Waals surface area contributed by atoms with Crippen LogP contribution in [-0.4, -0.2) is 21.1 Å². The first-order chi connectivity index (χ1) is 25.3. The Balaban J connectivity index is 1.26. The van der Waals surface area contributed by atoms with Crippen LogP contribution in [0.2, 0.25) is 0 Å². The van der Waals surface area contributed by atoms with Crippen LogP contribution < -0.4 is 0 Å². The maximum atomic E-state index is 6.77. The number of furan rings is 1. The van der Waals surface area contributed by atoms with Gasteiger partial charge in [-0.3, -0.25) is 0 Å². The van der Waals surface area contributed by atoms with Crippen molar-refractivity contribution in [3.05, 3.63) is 179 Å². The van der Waals surface area contributed by atoms with E-state index in [-0.39, 0.29) is 12.0 Å². The van der Waals surface area contributed by atoms with Gasteiger partial charge in [0.1, 0.15) is 23.2 Å². The summed E-state index contributed by atoms with van der Waals surface area (Å²) < 4.78 is 13.3. The van der Waals surface area contributed by atoms with Crippen molar-refractivity contribution in [1.29, 1.82) is 0 Å². The van der Waals surface area contributed by atoms with Crippen LogP contribution >= 0.6 is 0 Å². The number of hydrogen-bond donors (Lipinski definition) is 0. The molecule has 3 heterocycles. The zero-order chi connectivity index (χ0) is 33.8. The highest BCUT2D eigenvalue weighted by Gasteiger charge is 2.54. The Bertz CT molecular complexity index is 2470. The van der Waals surface area contributed by atoms with Crippen molar-refractivity contribution in [3.8, 4) is 34.2 Å². The van der Waals surface area contributed by atoms with E-state index in [4.69, 9.17) is 24.1 Å². The predicted molar refractivity (Wildman–Crippen MR) is 203 cm³/mol. The minimum Gasteiger partial charge on any atom is -0.486 e. The molecule has 10 rings (SSSR count). The molecule has 4 aliphatic rings. The molecule has 0 radical (unpaired) electrons. The van der Waals surface area contributed by atoms with Crippen molar-refractivity contribution in [3.63, 3.8) is 0 Å². The summed E-state index contributed by atoms with van der Waals surface area (Å²) in [7, 11) is 0. The molecular weight excluding hydrogens is 627 g/mol. The van der Waals surface area contributed by atoms with Gasteiger partial charge in [0.2, 0.25) is 0 Å². The van der Waals surface area contributed by atoms with Crippen LogP contribution in [-0.2, 0) is 16.6 Å². The number of benzene rings is 4. The fraction of sp³-hybridized carbons (Fsp3) is 0.152. The van der Waals surface area contributed by atoms with Crippen LogP contribution in [0, 0.1) is 5.92 Å². The molecule has 1 aliphatic heterocycles. The lowest BCUT2D eigenvalue weighted by atomic mass is 9.56. The summed E-state index contributed by atoms with van der Waals surface area (Å²) in [5.41, 5.74) is 7.79. The summed E-state index contributed by atoms with van der Waals surface area (Å²) >= 11 is 0. The highest BCUT2D eigenvalue weighted by Crippen LogP contribution is 2.57. The molecular formula is C46H35N3O2. The topological polar surface area (TPSA) is 61.0 Å². The van der Waals surface area contributed by atoms with Crippen molar-refractivity contribution >= 4 is 17.0 Å². The Kier molecular flexibility index (Phi) is 7.05. The minimum atomic E-state index is -0.569. The number of nitrogens with zero attached hydrogens (tertiary/aromatic N) is 3. The molecule has 0 saturated carbocycles. The molecule has 51 heavy (non-hydrogen) atoms. The SMILES string of the molecule is C1=CC2OC3=CCCC=C3C(c3ccccc3)(c3ccccc3-c3nc(-c4ccccc4)nc(-c4cccc5c6c(oc45)C=CCC6)n3)C2C=C1. The lowest BCUT2D eigenvalue weighted by molar-refractivity contribution is 0.0670. The quantitative estimate of drug-likeness (QED) is 0.184. The molecule has 5 heteroatoms. The fourth-order valence-electron chi connectivity index (χ4n) is 8.60. The first-order valence-electron chi connectivity index (χ1n) is 17.9. The number of fused-ring (bicyclic) bond motifs is 5. The van der Waals surface area contributed by atoms with E-state index in [1.807, 2.05) is 18.2 Å². The Morgan fingerprint density at radius 2 is 1.37 bits per heavy atom. The van der Waals surface area contributed by atoms with E-state index in [1.165, 1.54) is 16.7 Å². The normalized spacial score (nSPS) is 21.6. The molecule has 3 atom stereocenters. The van der Waals surface area contributed by atoms with E-state index in [9.17, 15) is 0 Å². The zero-order valence-electron chi connectivity index (χ0n) is 28.1. The maximum Gasteiger partial charge on any atom is 0.167 e. The first-order valence-corrected chi connectivity index (χ1v) is 17.9. The number of aromatic nitrogens is 3. The van der Waals surface area contributed by atoms with Crippen LogP contribution in [0.1, 0.15) is 41.7 Å². The van der Waals surface area contributed by atoms with Crippen LogP contribution in [0.3, 0.4) is 0 Å². The number of allylic oxidation sites excluding steroid dienone is 6. The smallest absolute Gasteiger partial charge is 0.167 e. The molecule has 3 unspecified atom stereocenters. The number of aryl methyl sites for hydroxylation is 1. The Hall–Kier alpha value is -6.07. The second-order valence-electron chi connectivity index (χ2n) is 13.6. The second-order valence-corrected chi connectivity index (χ2v) is 13.6. The van der Waals surface area contributed by atoms with Gasteiger partial charge in [-0.2, -0.15) is 0 Å². The van der Waals surface area contributed by atoms with Crippen LogP contribution in [0.5, 0.6) is 0 Å². The highest BCUT2D eigenvalue weighted by molar-refractivity contribution is 5.95. The lowest BCUT2D eigenvalue weighted by Crippen LogP contribution is -2.49. The summed E-state index contributed by atoms with van der Waals surface area (Å²) in [6, 6.07) is 36.1. The number of rotatable bonds is 5. The van der Waals surface area contributed by atoms with Crippen LogP contribution in [0.25, 0.3) is 51.2 Å². The number of hydrogen-bond acceptors (Lipinski definition) is 5. The van der Waals surface area contributed by atoms with E-state index < -0.39 is 5.41 Å². The molecule has 1 fully saturated rings. The molecule has 5 nitrogen and oxygen atoms in total. The summed E-state index contributed by atoms with van der Waals surface area (Å²) in [5.74, 6) is 3.72. The van der Waals surface area contributed by atoms with E-state index in [0.29, 0.717) is 17.5 Å². The van der Waals surface area contributed by atoms with Gasteiger partial charge in [-0.1, -0.05) is 127 Å². The fourth-order valence-corrected chi connectivity index (χ4v) is 8.60. The van der Waals surface area contributed by atoms with Crippen LogP contribution in [0.4, 0.5) is 0 Å².